The minimum absolute atomic E-state index is 0.00306. The van der Waals surface area contributed by atoms with Crippen molar-refractivity contribution >= 4 is 33.4 Å². The normalized spacial score (nSPS) is 13.1. The fourth-order valence-electron chi connectivity index (χ4n) is 2.21. The number of carbonyl (C=O) groups is 2. The number of rotatable bonds is 4. The molecule has 0 aliphatic rings. The fourth-order valence-corrected chi connectivity index (χ4v) is 3.38. The number of thiophene rings is 1. The maximum atomic E-state index is 12.7. The summed E-state index contributed by atoms with van der Waals surface area (Å²) in [6.45, 7) is 3.11. The Balaban J connectivity index is 2.37. The van der Waals surface area contributed by atoms with Gasteiger partial charge in [-0.2, -0.15) is 13.2 Å². The number of hydrogen-bond acceptors (Lipinski definition) is 4. The maximum Gasteiger partial charge on any atom is 0.433 e. The van der Waals surface area contributed by atoms with E-state index < -0.39 is 29.7 Å². The molecule has 1 unspecified atom stereocenters. The zero-order valence-corrected chi connectivity index (χ0v) is 14.0. The minimum atomic E-state index is -4.55. The first-order valence-electron chi connectivity index (χ1n) is 6.98. The molecule has 0 radical (unpaired) electrons. The third-order valence-corrected chi connectivity index (χ3v) is 4.79. The third-order valence-electron chi connectivity index (χ3n) is 3.60. The van der Waals surface area contributed by atoms with E-state index in [0.29, 0.717) is 10.9 Å². The molecule has 0 aliphatic heterocycles. The number of hydrogen-bond donors (Lipinski definition) is 1. The summed E-state index contributed by atoms with van der Waals surface area (Å²) < 4.78 is 38.2. The number of fused-ring (bicyclic) bond motifs is 1. The van der Waals surface area contributed by atoms with E-state index >= 15 is 0 Å². The summed E-state index contributed by atoms with van der Waals surface area (Å²) in [4.78, 5) is 28.6. The van der Waals surface area contributed by atoms with Gasteiger partial charge in [0, 0.05) is 19.0 Å². The molecule has 0 spiro atoms. The number of nitrogens with zero attached hydrogens (tertiary/aromatic N) is 2. The van der Waals surface area contributed by atoms with Crippen molar-refractivity contribution in [3.63, 3.8) is 0 Å². The molecule has 0 aliphatic carbocycles. The Labute approximate surface area is 139 Å². The second kappa shape index (κ2) is 6.39. The molecular weight excluding hydrogens is 345 g/mol. The first kappa shape index (κ1) is 18.2. The van der Waals surface area contributed by atoms with Crippen LogP contribution in [0.4, 0.5) is 13.2 Å². The van der Waals surface area contributed by atoms with E-state index in [9.17, 15) is 22.8 Å². The molecule has 0 fully saturated rings. The van der Waals surface area contributed by atoms with Crippen LogP contribution in [0.3, 0.4) is 0 Å². The number of aryl methyl sites for hydroxylation is 1. The third kappa shape index (κ3) is 3.50. The van der Waals surface area contributed by atoms with Crippen molar-refractivity contribution in [2.45, 2.75) is 20.0 Å². The Morgan fingerprint density at radius 3 is 2.54 bits per heavy atom. The van der Waals surface area contributed by atoms with Gasteiger partial charge in [-0.15, -0.1) is 11.3 Å². The molecule has 0 saturated heterocycles. The van der Waals surface area contributed by atoms with Gasteiger partial charge in [-0.05, 0) is 24.6 Å². The van der Waals surface area contributed by atoms with Gasteiger partial charge in [0.05, 0.1) is 10.8 Å². The molecule has 0 aromatic carbocycles. The van der Waals surface area contributed by atoms with Crippen molar-refractivity contribution in [3.8, 4) is 0 Å². The predicted octanol–water partition coefficient (Wildman–Crippen LogP) is 3.42. The Morgan fingerprint density at radius 2 is 2.00 bits per heavy atom. The fraction of sp³-hybridized carbons (Fsp3) is 0.400. The lowest BCUT2D eigenvalue weighted by Gasteiger charge is -2.19. The van der Waals surface area contributed by atoms with Gasteiger partial charge in [-0.1, -0.05) is 6.92 Å². The van der Waals surface area contributed by atoms with Gasteiger partial charge in [0.15, 0.2) is 0 Å². The molecular formula is C15H15F3N2O3S. The van der Waals surface area contributed by atoms with Crippen molar-refractivity contribution in [2.24, 2.45) is 5.92 Å². The van der Waals surface area contributed by atoms with Crippen molar-refractivity contribution in [1.29, 1.82) is 0 Å². The second-order valence-electron chi connectivity index (χ2n) is 5.53. The number of pyridine rings is 1. The molecule has 1 amide bonds. The van der Waals surface area contributed by atoms with Crippen LogP contribution in [0.15, 0.2) is 12.1 Å². The molecule has 1 N–H and O–H groups in total. The molecule has 1 atom stereocenters. The number of carboxylic acid groups (broad SMARTS) is 1. The van der Waals surface area contributed by atoms with Gasteiger partial charge in [0.2, 0.25) is 0 Å². The first-order valence-corrected chi connectivity index (χ1v) is 7.79. The smallest absolute Gasteiger partial charge is 0.433 e. The van der Waals surface area contributed by atoms with Crippen molar-refractivity contribution in [3.05, 3.63) is 28.3 Å². The monoisotopic (exact) mass is 360 g/mol. The van der Waals surface area contributed by atoms with Crippen LogP contribution < -0.4 is 0 Å². The number of halogens is 3. The quantitative estimate of drug-likeness (QED) is 0.907. The molecule has 9 heteroatoms. The largest absolute Gasteiger partial charge is 0.481 e. The molecule has 5 nitrogen and oxygen atoms in total. The second-order valence-corrected chi connectivity index (χ2v) is 6.53. The summed E-state index contributed by atoms with van der Waals surface area (Å²) in [6, 6.07) is 2.18. The van der Waals surface area contributed by atoms with E-state index in [-0.39, 0.29) is 16.3 Å². The Bertz CT molecular complexity index is 801. The average Bonchev–Trinajstić information content (AvgIpc) is 2.82. The molecule has 2 aromatic rings. The SMILES string of the molecule is Cc1c(C(=O)N(C)CC(C)C(=O)O)sc2nc(C(F)(F)F)ccc12. The zero-order valence-electron chi connectivity index (χ0n) is 13.1. The van der Waals surface area contributed by atoms with Gasteiger partial charge in [-0.3, -0.25) is 9.59 Å². The highest BCUT2D eigenvalue weighted by Gasteiger charge is 2.33. The van der Waals surface area contributed by atoms with Gasteiger partial charge >= 0.3 is 12.1 Å². The lowest BCUT2D eigenvalue weighted by Crippen LogP contribution is -2.33. The number of carboxylic acids is 1. The van der Waals surface area contributed by atoms with E-state index in [2.05, 4.69) is 4.98 Å². The molecule has 2 heterocycles. The predicted molar refractivity (Wildman–Crippen MR) is 83.1 cm³/mol. The molecule has 0 saturated carbocycles. The summed E-state index contributed by atoms with van der Waals surface area (Å²) in [5.74, 6) is -2.21. The van der Waals surface area contributed by atoms with Gasteiger partial charge in [-0.25, -0.2) is 4.98 Å². The van der Waals surface area contributed by atoms with E-state index in [0.717, 1.165) is 17.4 Å². The highest BCUT2D eigenvalue weighted by Crippen LogP contribution is 2.34. The molecule has 0 bridgehead atoms. The summed E-state index contributed by atoms with van der Waals surface area (Å²) in [5.41, 5.74) is -0.473. The highest BCUT2D eigenvalue weighted by atomic mass is 32.1. The van der Waals surface area contributed by atoms with Crippen molar-refractivity contribution in [1.82, 2.24) is 9.88 Å². The lowest BCUT2D eigenvalue weighted by atomic mass is 10.1. The van der Waals surface area contributed by atoms with Crippen LogP contribution in [0, 0.1) is 12.8 Å². The zero-order chi connectivity index (χ0) is 18.2. The summed E-state index contributed by atoms with van der Waals surface area (Å²) in [6.07, 6.45) is -4.55. The van der Waals surface area contributed by atoms with Crippen LogP contribution in [0.1, 0.15) is 27.9 Å². The average molecular weight is 360 g/mol. The van der Waals surface area contributed by atoms with Crippen molar-refractivity contribution < 1.29 is 27.9 Å². The molecule has 130 valence electrons. The number of aromatic nitrogens is 1. The van der Waals surface area contributed by atoms with Gasteiger partial charge < -0.3 is 10.0 Å². The van der Waals surface area contributed by atoms with Gasteiger partial charge in [0.25, 0.3) is 5.91 Å². The Hall–Kier alpha value is -2.16. The standard InChI is InChI=1S/C15H15F3N2O3S/c1-7(14(22)23)6-20(3)13(21)11-8(2)9-4-5-10(15(16,17)18)19-12(9)24-11/h4-5,7H,6H2,1-3H3,(H,22,23). The van der Waals surface area contributed by atoms with E-state index in [4.69, 9.17) is 5.11 Å². The van der Waals surface area contributed by atoms with Crippen LogP contribution in [0.5, 0.6) is 0 Å². The highest BCUT2D eigenvalue weighted by molar-refractivity contribution is 7.20. The number of carbonyl (C=O) groups excluding carboxylic acids is 1. The first-order chi connectivity index (χ1) is 11.0. The summed E-state index contributed by atoms with van der Waals surface area (Å²) in [5, 5.41) is 9.39. The minimum Gasteiger partial charge on any atom is -0.481 e. The molecule has 2 aromatic heterocycles. The number of aliphatic carboxylic acids is 1. The number of amides is 1. The summed E-state index contributed by atoms with van der Waals surface area (Å²) >= 11 is 0.876. The van der Waals surface area contributed by atoms with E-state index in [1.807, 2.05) is 0 Å². The Kier molecular flexibility index (Phi) is 4.84. The Morgan fingerprint density at radius 1 is 1.38 bits per heavy atom. The van der Waals surface area contributed by atoms with Gasteiger partial charge in [0.1, 0.15) is 10.5 Å². The van der Waals surface area contributed by atoms with Crippen LogP contribution in [0.25, 0.3) is 10.2 Å². The maximum absolute atomic E-state index is 12.7. The molecule has 24 heavy (non-hydrogen) atoms. The number of alkyl halides is 3. The lowest BCUT2D eigenvalue weighted by molar-refractivity contribution is -0.142. The van der Waals surface area contributed by atoms with E-state index in [1.54, 1.807) is 6.92 Å². The topological polar surface area (TPSA) is 70.5 Å². The summed E-state index contributed by atoms with van der Waals surface area (Å²) in [7, 11) is 1.46. The van der Waals surface area contributed by atoms with Crippen LogP contribution in [-0.2, 0) is 11.0 Å². The molecule has 2 rings (SSSR count). The van der Waals surface area contributed by atoms with Crippen LogP contribution >= 0.6 is 11.3 Å². The van der Waals surface area contributed by atoms with Crippen LogP contribution in [0.2, 0.25) is 0 Å². The van der Waals surface area contributed by atoms with E-state index in [1.165, 1.54) is 24.9 Å². The van der Waals surface area contributed by atoms with Crippen molar-refractivity contribution in [2.75, 3.05) is 13.6 Å². The van der Waals surface area contributed by atoms with Crippen LogP contribution in [-0.4, -0.2) is 40.5 Å².